The number of carbonyl (C=O) groups is 1. The number of nitrogens with one attached hydrogen (secondary N) is 2. The third kappa shape index (κ3) is 5.18. The predicted molar refractivity (Wildman–Crippen MR) is 176 cm³/mol. The van der Waals surface area contributed by atoms with E-state index in [9.17, 15) is 9.90 Å². The molecule has 5 heterocycles. The second kappa shape index (κ2) is 11.0. The van der Waals surface area contributed by atoms with Crippen molar-refractivity contribution in [2.75, 3.05) is 6.61 Å². The number of ketones is 1. The number of aliphatic hydroxyl groups is 1. The van der Waals surface area contributed by atoms with Gasteiger partial charge < -0.3 is 15.1 Å². The zero-order valence-electron chi connectivity index (χ0n) is 22.7. The van der Waals surface area contributed by atoms with Gasteiger partial charge in [-0.25, -0.2) is 9.97 Å². The average molecular weight is 578 g/mol. The summed E-state index contributed by atoms with van der Waals surface area (Å²) in [5.74, 6) is -0.320. The van der Waals surface area contributed by atoms with Gasteiger partial charge in [0.2, 0.25) is 0 Å². The molecule has 0 aliphatic carbocycles. The molecule has 0 atom stereocenters. The first-order valence-corrected chi connectivity index (χ1v) is 14.0. The Morgan fingerprint density at radius 1 is 0.721 bits per heavy atom. The van der Waals surface area contributed by atoms with Gasteiger partial charge in [0.1, 0.15) is 6.61 Å². The second-order valence-corrected chi connectivity index (χ2v) is 10.3. The monoisotopic (exact) mass is 577 g/mol. The first-order chi connectivity index (χ1) is 21.1. The standard InChI is InChI=1S/C35H23N5O2S/c41-19-33(42)21-1-3-22(4-2-21)34-29-13-9-25(37-29)17-27-11-15-31(39-27)35(23-5-7-24(8-6-23)36-20-43)32-16-12-28(40-32)18-26-10-14-30(34)38-26/h1-18,37,40-41H,19H2. The van der Waals surface area contributed by atoms with Crippen molar-refractivity contribution in [2.24, 2.45) is 4.99 Å². The number of carbonyl (C=O) groups excluding carboxylic acids is 1. The normalized spacial score (nSPS) is 11.8. The third-order valence-corrected chi connectivity index (χ3v) is 7.46. The Kier molecular flexibility index (Phi) is 6.77. The topological polar surface area (TPSA) is 107 Å². The van der Waals surface area contributed by atoms with Crippen LogP contribution in [0.25, 0.3) is 68.6 Å². The van der Waals surface area contributed by atoms with Crippen LogP contribution >= 0.6 is 12.2 Å². The van der Waals surface area contributed by atoms with Crippen LogP contribution in [-0.2, 0) is 0 Å². The summed E-state index contributed by atoms with van der Waals surface area (Å²) in [7, 11) is 0. The zero-order chi connectivity index (χ0) is 29.3. The molecule has 206 valence electrons. The first kappa shape index (κ1) is 26.4. The molecule has 0 saturated heterocycles. The largest absolute Gasteiger partial charge is 0.388 e. The third-order valence-electron chi connectivity index (χ3n) is 7.37. The molecule has 0 amide bonds. The molecule has 3 aromatic heterocycles. The Bertz CT molecular complexity index is 2180. The van der Waals surface area contributed by atoms with Crippen molar-refractivity contribution in [1.82, 2.24) is 19.9 Å². The number of aliphatic imine (C=N–C) groups is 1. The summed E-state index contributed by atoms with van der Waals surface area (Å²) in [5, 5.41) is 11.7. The SMILES string of the molecule is O=C(CO)c1ccc(-c2c3nc(cc4ccc([nH]4)c(-c4ccc(N=C=S)cc4)c4nc(cc5ccc2[nH]5)C=C4)C=C3)cc1. The van der Waals surface area contributed by atoms with Crippen LogP contribution in [0.1, 0.15) is 33.1 Å². The second-order valence-electron chi connectivity index (χ2n) is 10.1. The Morgan fingerprint density at radius 2 is 1.23 bits per heavy atom. The molecular formula is C35H23N5O2S. The van der Waals surface area contributed by atoms with Gasteiger partial charge in [-0.3, -0.25) is 4.79 Å². The van der Waals surface area contributed by atoms with Crippen LogP contribution in [0.3, 0.4) is 0 Å². The lowest BCUT2D eigenvalue weighted by atomic mass is 10.0. The number of fused-ring (bicyclic) bond motifs is 8. The molecule has 8 heteroatoms. The number of thiocarbonyl (C=S) groups is 1. The van der Waals surface area contributed by atoms with Crippen LogP contribution in [-0.4, -0.2) is 42.6 Å². The van der Waals surface area contributed by atoms with Crippen molar-refractivity contribution in [3.05, 3.63) is 113 Å². The van der Waals surface area contributed by atoms with Crippen LogP contribution in [0, 0.1) is 0 Å². The number of nitrogens with zero attached hydrogens (tertiary/aromatic N) is 3. The minimum absolute atomic E-state index is 0.320. The molecule has 8 bridgehead atoms. The van der Waals surface area contributed by atoms with Gasteiger partial charge in [0, 0.05) is 38.8 Å². The van der Waals surface area contributed by atoms with Crippen molar-refractivity contribution in [3.63, 3.8) is 0 Å². The maximum absolute atomic E-state index is 12.0. The summed E-state index contributed by atoms with van der Waals surface area (Å²) in [5.41, 5.74) is 11.8. The van der Waals surface area contributed by atoms with Gasteiger partial charge in [-0.2, -0.15) is 4.99 Å². The van der Waals surface area contributed by atoms with Crippen molar-refractivity contribution >= 4 is 75.2 Å². The van der Waals surface area contributed by atoms with Gasteiger partial charge in [-0.1, -0.05) is 36.4 Å². The zero-order valence-corrected chi connectivity index (χ0v) is 23.5. The van der Waals surface area contributed by atoms with Gasteiger partial charge in [-0.05, 0) is 96.2 Å². The van der Waals surface area contributed by atoms with Gasteiger partial charge in [0.25, 0.3) is 0 Å². The first-order valence-electron chi connectivity index (χ1n) is 13.6. The Morgan fingerprint density at radius 3 is 1.72 bits per heavy atom. The fraction of sp³-hybridized carbons (Fsp3) is 0.0286. The van der Waals surface area contributed by atoms with E-state index in [0.717, 1.165) is 72.8 Å². The Balaban J connectivity index is 1.48. The number of benzene rings is 2. The molecule has 43 heavy (non-hydrogen) atoms. The molecular weight excluding hydrogens is 554 g/mol. The van der Waals surface area contributed by atoms with Crippen LogP contribution in [0.4, 0.5) is 5.69 Å². The molecule has 0 fully saturated rings. The highest BCUT2D eigenvalue weighted by Gasteiger charge is 2.14. The van der Waals surface area contributed by atoms with E-state index >= 15 is 0 Å². The van der Waals surface area contributed by atoms with E-state index in [-0.39, 0.29) is 5.78 Å². The van der Waals surface area contributed by atoms with E-state index in [0.29, 0.717) is 5.56 Å². The molecule has 3 N–H and O–H groups in total. The fourth-order valence-corrected chi connectivity index (χ4v) is 5.46. The highest BCUT2D eigenvalue weighted by atomic mass is 32.1. The molecule has 7 rings (SSSR count). The summed E-state index contributed by atoms with van der Waals surface area (Å²) in [6.45, 7) is -0.526. The molecule has 0 unspecified atom stereocenters. The molecule has 5 aromatic rings. The Hall–Kier alpha value is -5.53. The highest BCUT2D eigenvalue weighted by Crippen LogP contribution is 2.33. The molecule has 0 saturated carbocycles. The fourth-order valence-electron chi connectivity index (χ4n) is 5.35. The van der Waals surface area contributed by atoms with E-state index < -0.39 is 6.61 Å². The maximum atomic E-state index is 12.0. The number of isothiocyanates is 1. The molecule has 2 aromatic carbocycles. The van der Waals surface area contributed by atoms with Crippen molar-refractivity contribution in [2.45, 2.75) is 0 Å². The number of aliphatic hydroxyl groups excluding tert-OH is 1. The summed E-state index contributed by atoms with van der Waals surface area (Å²) >= 11 is 4.76. The van der Waals surface area contributed by atoms with Gasteiger partial charge in [0.15, 0.2) is 5.78 Å². The molecule has 0 radical (unpaired) electrons. The summed E-state index contributed by atoms with van der Waals surface area (Å²) in [6, 6.07) is 27.2. The van der Waals surface area contributed by atoms with Crippen LogP contribution in [0.2, 0.25) is 0 Å². The molecule has 2 aliphatic rings. The number of hydrogen-bond donors (Lipinski definition) is 3. The predicted octanol–water partition coefficient (Wildman–Crippen LogP) is 7.90. The minimum atomic E-state index is -0.526. The van der Waals surface area contributed by atoms with E-state index in [1.807, 2.05) is 97.1 Å². The smallest absolute Gasteiger partial charge is 0.188 e. The lowest BCUT2D eigenvalue weighted by molar-refractivity contribution is 0.0904. The summed E-state index contributed by atoms with van der Waals surface area (Å²) < 4.78 is 0. The van der Waals surface area contributed by atoms with Crippen LogP contribution in [0.15, 0.2) is 89.9 Å². The van der Waals surface area contributed by atoms with Crippen LogP contribution < -0.4 is 0 Å². The molecule has 0 spiro atoms. The molecule has 7 nitrogen and oxygen atoms in total. The number of Topliss-reactive ketones (excluding diaryl/α,β-unsaturated/α-hetero) is 1. The van der Waals surface area contributed by atoms with Gasteiger partial charge >= 0.3 is 0 Å². The maximum Gasteiger partial charge on any atom is 0.188 e. The summed E-state index contributed by atoms with van der Waals surface area (Å²) in [6.07, 6.45) is 8.00. The summed E-state index contributed by atoms with van der Waals surface area (Å²) in [4.78, 5) is 33.1. The Labute approximate surface area is 251 Å². The van der Waals surface area contributed by atoms with Gasteiger partial charge in [0.05, 0.1) is 33.6 Å². The number of rotatable bonds is 5. The van der Waals surface area contributed by atoms with E-state index in [1.54, 1.807) is 12.1 Å². The lowest BCUT2D eigenvalue weighted by Crippen LogP contribution is -2.03. The number of H-pyrrole nitrogens is 2. The van der Waals surface area contributed by atoms with Crippen molar-refractivity contribution < 1.29 is 9.90 Å². The number of aromatic nitrogens is 4. The minimum Gasteiger partial charge on any atom is -0.388 e. The van der Waals surface area contributed by atoms with Gasteiger partial charge in [-0.15, -0.1) is 0 Å². The lowest BCUT2D eigenvalue weighted by Gasteiger charge is -2.05. The van der Waals surface area contributed by atoms with E-state index in [4.69, 9.17) is 22.2 Å². The quantitative estimate of drug-likeness (QED) is 0.110. The van der Waals surface area contributed by atoms with E-state index in [2.05, 4.69) is 20.1 Å². The average Bonchev–Trinajstić information content (AvgIpc) is 3.85. The number of aromatic amines is 2. The highest BCUT2D eigenvalue weighted by molar-refractivity contribution is 7.78. The molecule has 2 aliphatic heterocycles. The van der Waals surface area contributed by atoms with Crippen molar-refractivity contribution in [3.8, 4) is 22.3 Å². The van der Waals surface area contributed by atoms with Crippen LogP contribution in [0.5, 0.6) is 0 Å². The number of hydrogen-bond acceptors (Lipinski definition) is 6. The van der Waals surface area contributed by atoms with Crippen molar-refractivity contribution in [1.29, 1.82) is 0 Å². The van der Waals surface area contributed by atoms with E-state index in [1.165, 1.54) is 0 Å².